The number of nitrogens with zero attached hydrogens (tertiary/aromatic N) is 2. The summed E-state index contributed by atoms with van der Waals surface area (Å²) in [6.07, 6.45) is 2.43. The van der Waals surface area contributed by atoms with E-state index in [0.29, 0.717) is 18.5 Å². The number of carbonyl (C=O) groups is 3. The molecule has 3 amide bonds. The van der Waals surface area contributed by atoms with Gasteiger partial charge in [0.1, 0.15) is 24.2 Å². The van der Waals surface area contributed by atoms with Gasteiger partial charge < -0.3 is 20.3 Å². The van der Waals surface area contributed by atoms with Crippen LogP contribution in [0.4, 0.5) is 4.79 Å². The summed E-state index contributed by atoms with van der Waals surface area (Å²) in [5, 5.41) is 15.2. The topological polar surface area (TPSA) is 112 Å². The van der Waals surface area contributed by atoms with Gasteiger partial charge in [0.15, 0.2) is 0 Å². The van der Waals surface area contributed by atoms with Gasteiger partial charge in [-0.3, -0.25) is 9.59 Å². The maximum atomic E-state index is 13.8. The molecule has 3 unspecified atom stereocenters. The van der Waals surface area contributed by atoms with Gasteiger partial charge in [0.05, 0.1) is 6.07 Å². The van der Waals surface area contributed by atoms with Gasteiger partial charge in [-0.15, -0.1) is 0 Å². The average molecular weight is 487 g/mol. The van der Waals surface area contributed by atoms with Crippen LogP contribution in [0.15, 0.2) is 24.3 Å². The molecule has 0 bridgehead atoms. The first-order valence-electron chi connectivity index (χ1n) is 12.5. The monoisotopic (exact) mass is 486 g/mol. The third-order valence-electron chi connectivity index (χ3n) is 5.77. The second kappa shape index (κ2) is 14.3. The molecule has 194 valence electrons. The van der Waals surface area contributed by atoms with Crippen LogP contribution >= 0.6 is 0 Å². The molecule has 0 heterocycles. The first-order chi connectivity index (χ1) is 16.5. The van der Waals surface area contributed by atoms with Crippen molar-refractivity contribution in [1.82, 2.24) is 15.5 Å². The second-order valence-corrected chi connectivity index (χ2v) is 9.78. The summed E-state index contributed by atoms with van der Waals surface area (Å²) >= 11 is 0. The Morgan fingerprint density at radius 2 is 1.74 bits per heavy atom. The highest BCUT2D eigenvalue weighted by molar-refractivity contribution is 5.92. The van der Waals surface area contributed by atoms with Crippen LogP contribution in [0.25, 0.3) is 0 Å². The molecule has 1 aromatic rings. The fourth-order valence-electron chi connectivity index (χ4n) is 3.56. The van der Waals surface area contributed by atoms with Crippen molar-refractivity contribution >= 4 is 17.9 Å². The molecule has 0 radical (unpaired) electrons. The summed E-state index contributed by atoms with van der Waals surface area (Å²) in [5.41, 5.74) is 0.975. The SMILES string of the molecule is CCCCNC(=O)C(c1ccc(CC)cc1)N(CC#N)C(=O)C(NC(=O)OC(C)(C)C)C(C)CC. The molecule has 0 saturated heterocycles. The highest BCUT2D eigenvalue weighted by Gasteiger charge is 2.38. The fourth-order valence-corrected chi connectivity index (χ4v) is 3.56. The van der Waals surface area contributed by atoms with Crippen LogP contribution < -0.4 is 10.6 Å². The molecule has 0 saturated carbocycles. The van der Waals surface area contributed by atoms with E-state index in [1.807, 2.05) is 58.0 Å². The molecule has 0 fully saturated rings. The van der Waals surface area contributed by atoms with E-state index in [2.05, 4.69) is 10.6 Å². The van der Waals surface area contributed by atoms with E-state index >= 15 is 0 Å². The summed E-state index contributed by atoms with van der Waals surface area (Å²) in [4.78, 5) is 41.0. The predicted octanol–water partition coefficient (Wildman–Crippen LogP) is 4.50. The largest absolute Gasteiger partial charge is 0.444 e. The Labute approximate surface area is 210 Å². The molecule has 3 atom stereocenters. The van der Waals surface area contributed by atoms with Crippen LogP contribution in [0.2, 0.25) is 0 Å². The minimum absolute atomic E-state index is 0.248. The maximum absolute atomic E-state index is 13.8. The molecule has 1 rings (SSSR count). The molecule has 0 aliphatic carbocycles. The molecule has 8 nitrogen and oxygen atoms in total. The van der Waals surface area contributed by atoms with Gasteiger partial charge in [-0.25, -0.2) is 4.79 Å². The van der Waals surface area contributed by atoms with Gasteiger partial charge in [-0.1, -0.05) is 64.8 Å². The standard InChI is InChI=1S/C27H42N4O4/c1-8-11-17-29-24(32)23(21-14-12-20(10-3)13-15-21)31(18-16-28)25(33)22(19(4)9-2)30-26(34)35-27(5,6)7/h12-15,19,22-23H,8-11,17-18H2,1-7H3,(H,29,32)(H,30,34). The number of nitriles is 1. The van der Waals surface area contributed by atoms with Crippen molar-refractivity contribution in [2.75, 3.05) is 13.1 Å². The van der Waals surface area contributed by atoms with Crippen molar-refractivity contribution in [3.05, 3.63) is 35.4 Å². The van der Waals surface area contributed by atoms with Crippen LogP contribution in [0.1, 0.15) is 84.9 Å². The van der Waals surface area contributed by atoms with Crippen molar-refractivity contribution < 1.29 is 19.1 Å². The van der Waals surface area contributed by atoms with Crippen LogP contribution in [0.5, 0.6) is 0 Å². The normalized spacial score (nSPS) is 13.7. The smallest absolute Gasteiger partial charge is 0.408 e. The number of alkyl carbamates (subject to hydrolysis) is 1. The van der Waals surface area contributed by atoms with E-state index in [-0.39, 0.29) is 18.4 Å². The lowest BCUT2D eigenvalue weighted by Gasteiger charge is -2.34. The molecule has 0 spiro atoms. The summed E-state index contributed by atoms with van der Waals surface area (Å²) in [6, 6.07) is 7.55. The number of rotatable bonds is 12. The second-order valence-electron chi connectivity index (χ2n) is 9.78. The summed E-state index contributed by atoms with van der Waals surface area (Å²) < 4.78 is 5.37. The molecule has 35 heavy (non-hydrogen) atoms. The lowest BCUT2D eigenvalue weighted by molar-refractivity contribution is -0.142. The van der Waals surface area contributed by atoms with Gasteiger partial charge in [0.2, 0.25) is 11.8 Å². The third kappa shape index (κ3) is 9.59. The average Bonchev–Trinajstić information content (AvgIpc) is 2.80. The fraction of sp³-hybridized carbons (Fsp3) is 0.630. The molecular formula is C27H42N4O4. The van der Waals surface area contributed by atoms with Crippen molar-refractivity contribution in [1.29, 1.82) is 5.26 Å². The molecule has 0 aliphatic heterocycles. The summed E-state index contributed by atoms with van der Waals surface area (Å²) in [5.74, 6) is -1.10. The number of ether oxygens (including phenoxy) is 1. The zero-order valence-electron chi connectivity index (χ0n) is 22.3. The van der Waals surface area contributed by atoms with E-state index < -0.39 is 29.7 Å². The zero-order chi connectivity index (χ0) is 26.6. The van der Waals surface area contributed by atoms with Crippen molar-refractivity contribution in [2.45, 2.75) is 91.8 Å². The number of unbranched alkanes of at least 4 members (excludes halogenated alkanes) is 1. The maximum Gasteiger partial charge on any atom is 0.408 e. The van der Waals surface area contributed by atoms with Crippen molar-refractivity contribution in [2.24, 2.45) is 5.92 Å². The van der Waals surface area contributed by atoms with Gasteiger partial charge >= 0.3 is 6.09 Å². The number of amides is 3. The minimum atomic E-state index is -1.00. The molecule has 1 aromatic carbocycles. The third-order valence-corrected chi connectivity index (χ3v) is 5.77. The van der Waals surface area contributed by atoms with Gasteiger partial charge in [-0.05, 0) is 50.7 Å². The van der Waals surface area contributed by atoms with Crippen LogP contribution in [0, 0.1) is 17.2 Å². The Morgan fingerprint density at radius 1 is 1.11 bits per heavy atom. The molecule has 2 N–H and O–H groups in total. The van der Waals surface area contributed by atoms with Crippen LogP contribution in [-0.4, -0.2) is 47.5 Å². The first-order valence-corrected chi connectivity index (χ1v) is 12.5. The zero-order valence-corrected chi connectivity index (χ0v) is 22.3. The number of benzene rings is 1. The number of hydrogen-bond donors (Lipinski definition) is 2. The lowest BCUT2D eigenvalue weighted by atomic mass is 9.95. The molecule has 0 aliphatic rings. The molecular weight excluding hydrogens is 444 g/mol. The number of carbonyl (C=O) groups excluding carboxylic acids is 3. The first kappa shape index (κ1) is 30.0. The Balaban J connectivity index is 3.42. The molecule has 8 heteroatoms. The van der Waals surface area contributed by atoms with E-state index in [4.69, 9.17) is 4.74 Å². The van der Waals surface area contributed by atoms with Crippen molar-refractivity contribution in [3.63, 3.8) is 0 Å². The van der Waals surface area contributed by atoms with Crippen molar-refractivity contribution in [3.8, 4) is 6.07 Å². The van der Waals surface area contributed by atoms with E-state index in [0.717, 1.165) is 24.8 Å². The number of hydrogen-bond acceptors (Lipinski definition) is 5. The van der Waals surface area contributed by atoms with E-state index in [9.17, 15) is 19.6 Å². The van der Waals surface area contributed by atoms with E-state index in [1.165, 1.54) is 4.90 Å². The Kier molecular flexibility index (Phi) is 12.3. The quantitative estimate of drug-likeness (QED) is 0.334. The highest BCUT2D eigenvalue weighted by atomic mass is 16.6. The summed E-state index contributed by atoms with van der Waals surface area (Å²) in [6.45, 7) is 13.2. The number of nitrogens with one attached hydrogen (secondary N) is 2. The van der Waals surface area contributed by atoms with Crippen LogP contribution in [-0.2, 0) is 20.7 Å². The Morgan fingerprint density at radius 3 is 2.23 bits per heavy atom. The minimum Gasteiger partial charge on any atom is -0.444 e. The van der Waals surface area contributed by atoms with Crippen LogP contribution in [0.3, 0.4) is 0 Å². The van der Waals surface area contributed by atoms with E-state index in [1.54, 1.807) is 20.8 Å². The lowest BCUT2D eigenvalue weighted by Crippen LogP contribution is -2.55. The molecule has 0 aromatic heterocycles. The summed E-state index contributed by atoms with van der Waals surface area (Å²) in [7, 11) is 0. The van der Waals surface area contributed by atoms with Gasteiger partial charge in [0.25, 0.3) is 0 Å². The van der Waals surface area contributed by atoms with Gasteiger partial charge in [-0.2, -0.15) is 5.26 Å². The highest BCUT2D eigenvalue weighted by Crippen LogP contribution is 2.25. The Hall–Kier alpha value is -3.08. The predicted molar refractivity (Wildman–Crippen MR) is 136 cm³/mol. The van der Waals surface area contributed by atoms with Gasteiger partial charge in [0, 0.05) is 6.54 Å². The number of aryl methyl sites for hydroxylation is 1. The Bertz CT molecular complexity index is 871.